The molecule has 3 atom stereocenters. The summed E-state index contributed by atoms with van der Waals surface area (Å²) >= 11 is 0. The molecule has 2 aliphatic heterocycles. The van der Waals surface area contributed by atoms with E-state index in [2.05, 4.69) is 18.7 Å². The van der Waals surface area contributed by atoms with E-state index in [-0.39, 0.29) is 11.5 Å². The summed E-state index contributed by atoms with van der Waals surface area (Å²) in [7, 11) is 0. The molecular formula is C17H31NO3. The van der Waals surface area contributed by atoms with Crippen LogP contribution in [0.5, 0.6) is 0 Å². The summed E-state index contributed by atoms with van der Waals surface area (Å²) in [6.45, 7) is 11.0. The second-order valence-corrected chi connectivity index (χ2v) is 7.66. The zero-order chi connectivity index (χ0) is 15.7. The minimum absolute atomic E-state index is 0.00181. The lowest BCUT2D eigenvalue weighted by atomic mass is 9.74. The molecule has 4 heteroatoms. The van der Waals surface area contributed by atoms with Crippen LogP contribution in [0.25, 0.3) is 0 Å². The van der Waals surface area contributed by atoms with E-state index in [0.717, 1.165) is 51.8 Å². The van der Waals surface area contributed by atoms with E-state index in [1.165, 1.54) is 0 Å². The van der Waals surface area contributed by atoms with Gasteiger partial charge in [0.1, 0.15) is 0 Å². The summed E-state index contributed by atoms with van der Waals surface area (Å²) in [5.74, 6) is -0.417. The van der Waals surface area contributed by atoms with Gasteiger partial charge in [0.05, 0.1) is 11.0 Å². The number of piperidine rings is 1. The third-order valence-corrected chi connectivity index (χ3v) is 5.86. The van der Waals surface area contributed by atoms with Crippen molar-refractivity contribution in [3.63, 3.8) is 0 Å². The number of hydrogen-bond donors (Lipinski definition) is 1. The summed E-state index contributed by atoms with van der Waals surface area (Å²) in [5.41, 5.74) is -0.629. The third kappa shape index (κ3) is 3.59. The number of ether oxygens (including phenoxy) is 1. The van der Waals surface area contributed by atoms with Crippen LogP contribution in [0.15, 0.2) is 0 Å². The number of aliphatic carboxylic acids is 1. The highest BCUT2D eigenvalue weighted by Gasteiger charge is 2.42. The number of rotatable bonds is 4. The van der Waals surface area contributed by atoms with Gasteiger partial charge in [-0.05, 0) is 65.3 Å². The van der Waals surface area contributed by atoms with Gasteiger partial charge in [0.2, 0.25) is 0 Å². The van der Waals surface area contributed by atoms with E-state index in [1.54, 1.807) is 0 Å². The first-order chi connectivity index (χ1) is 9.78. The molecule has 2 fully saturated rings. The van der Waals surface area contributed by atoms with E-state index in [4.69, 9.17) is 4.74 Å². The highest BCUT2D eigenvalue weighted by Crippen LogP contribution is 2.37. The van der Waals surface area contributed by atoms with Crippen LogP contribution in [0, 0.1) is 11.3 Å². The van der Waals surface area contributed by atoms with Crippen molar-refractivity contribution in [3.05, 3.63) is 0 Å². The summed E-state index contributed by atoms with van der Waals surface area (Å²) in [6, 6.07) is 0.552. The molecular weight excluding hydrogens is 266 g/mol. The van der Waals surface area contributed by atoms with Crippen molar-refractivity contribution >= 4 is 5.97 Å². The molecule has 0 spiro atoms. The molecule has 0 aromatic heterocycles. The Balaban J connectivity index is 2.02. The van der Waals surface area contributed by atoms with Gasteiger partial charge < -0.3 is 9.84 Å². The average molecular weight is 297 g/mol. The lowest BCUT2D eigenvalue weighted by molar-refractivity contribution is -0.152. The quantitative estimate of drug-likeness (QED) is 0.866. The average Bonchev–Trinajstić information content (AvgIpc) is 2.47. The molecule has 2 aliphatic rings. The fraction of sp³-hybridized carbons (Fsp3) is 0.941. The molecule has 3 unspecified atom stereocenters. The Morgan fingerprint density at radius 3 is 2.76 bits per heavy atom. The Kier molecular flexibility index (Phi) is 4.99. The van der Waals surface area contributed by atoms with Crippen molar-refractivity contribution in [2.45, 2.75) is 71.4 Å². The molecule has 0 aromatic carbocycles. The molecule has 122 valence electrons. The first kappa shape index (κ1) is 16.8. The largest absolute Gasteiger partial charge is 0.481 e. The number of nitrogens with zero attached hydrogens (tertiary/aromatic N) is 1. The Bertz CT molecular complexity index is 382. The Hall–Kier alpha value is -0.610. The Morgan fingerprint density at radius 1 is 1.43 bits per heavy atom. The van der Waals surface area contributed by atoms with Crippen molar-refractivity contribution in [1.82, 2.24) is 4.90 Å². The van der Waals surface area contributed by atoms with E-state index in [1.807, 2.05) is 13.8 Å². The van der Waals surface area contributed by atoms with Crippen LogP contribution < -0.4 is 0 Å². The molecule has 2 saturated heterocycles. The highest BCUT2D eigenvalue weighted by molar-refractivity contribution is 5.74. The van der Waals surface area contributed by atoms with Crippen LogP contribution in [-0.4, -0.2) is 47.3 Å². The molecule has 0 amide bonds. The fourth-order valence-corrected chi connectivity index (χ4v) is 3.76. The van der Waals surface area contributed by atoms with Gasteiger partial charge >= 0.3 is 5.97 Å². The maximum atomic E-state index is 11.5. The smallest absolute Gasteiger partial charge is 0.309 e. The molecule has 0 saturated carbocycles. The van der Waals surface area contributed by atoms with Crippen LogP contribution in [0.1, 0.15) is 59.8 Å². The lowest BCUT2D eigenvalue weighted by Gasteiger charge is -2.47. The predicted octanol–water partition coefficient (Wildman–Crippen LogP) is 3.16. The number of carboxylic acids is 1. The topological polar surface area (TPSA) is 49.8 Å². The first-order valence-corrected chi connectivity index (χ1v) is 8.40. The number of carbonyl (C=O) groups is 1. The summed E-state index contributed by atoms with van der Waals surface area (Å²) in [5, 5.41) is 9.47. The molecule has 0 aliphatic carbocycles. The van der Waals surface area contributed by atoms with Gasteiger partial charge in [0.25, 0.3) is 0 Å². The lowest BCUT2D eigenvalue weighted by Crippen LogP contribution is -2.52. The van der Waals surface area contributed by atoms with E-state index in [9.17, 15) is 9.90 Å². The zero-order valence-corrected chi connectivity index (χ0v) is 14.0. The highest BCUT2D eigenvalue weighted by atomic mass is 16.5. The van der Waals surface area contributed by atoms with Crippen molar-refractivity contribution in [2.24, 2.45) is 11.3 Å². The third-order valence-electron chi connectivity index (χ3n) is 5.86. The van der Waals surface area contributed by atoms with Gasteiger partial charge in [-0.3, -0.25) is 9.69 Å². The summed E-state index contributed by atoms with van der Waals surface area (Å²) in [4.78, 5) is 14.1. The number of carboxylic acid groups (broad SMARTS) is 1. The van der Waals surface area contributed by atoms with Gasteiger partial charge in [-0.25, -0.2) is 0 Å². The van der Waals surface area contributed by atoms with E-state index < -0.39 is 11.4 Å². The molecule has 4 nitrogen and oxygen atoms in total. The molecule has 0 aromatic rings. The van der Waals surface area contributed by atoms with Gasteiger partial charge in [0, 0.05) is 19.2 Å². The first-order valence-electron chi connectivity index (χ1n) is 8.40. The van der Waals surface area contributed by atoms with Gasteiger partial charge in [-0.1, -0.05) is 6.92 Å². The van der Waals surface area contributed by atoms with Crippen LogP contribution >= 0.6 is 0 Å². The zero-order valence-electron chi connectivity index (χ0n) is 14.0. The molecule has 2 rings (SSSR count). The van der Waals surface area contributed by atoms with Crippen LogP contribution in [0.2, 0.25) is 0 Å². The van der Waals surface area contributed by atoms with Crippen LogP contribution in [-0.2, 0) is 9.53 Å². The fourth-order valence-electron chi connectivity index (χ4n) is 3.76. The summed E-state index contributed by atoms with van der Waals surface area (Å²) < 4.78 is 5.95. The monoisotopic (exact) mass is 297 g/mol. The SMILES string of the molecule is CCC1(C)CC(N2CCCC(C(C)(C)C(=O)O)C2)CCO1. The molecule has 0 radical (unpaired) electrons. The van der Waals surface area contributed by atoms with Crippen molar-refractivity contribution in [2.75, 3.05) is 19.7 Å². The van der Waals surface area contributed by atoms with Crippen molar-refractivity contribution < 1.29 is 14.6 Å². The van der Waals surface area contributed by atoms with Crippen LogP contribution in [0.3, 0.4) is 0 Å². The summed E-state index contributed by atoms with van der Waals surface area (Å²) in [6.07, 6.45) is 5.34. The minimum Gasteiger partial charge on any atom is -0.481 e. The molecule has 21 heavy (non-hydrogen) atoms. The number of likely N-dealkylation sites (tertiary alicyclic amines) is 1. The Labute approximate surface area is 128 Å². The van der Waals surface area contributed by atoms with E-state index >= 15 is 0 Å². The maximum absolute atomic E-state index is 11.5. The van der Waals surface area contributed by atoms with Gasteiger partial charge in [0.15, 0.2) is 0 Å². The van der Waals surface area contributed by atoms with Gasteiger partial charge in [-0.15, -0.1) is 0 Å². The second kappa shape index (κ2) is 6.25. The number of hydrogen-bond acceptors (Lipinski definition) is 3. The predicted molar refractivity (Wildman–Crippen MR) is 83.4 cm³/mol. The Morgan fingerprint density at radius 2 is 2.14 bits per heavy atom. The standard InChI is InChI=1S/C17H31NO3/c1-5-17(4)11-14(8-10-21-17)18-9-6-7-13(12-18)16(2,3)15(19)20/h13-14H,5-12H2,1-4H3,(H,19,20). The normalized spacial score (nSPS) is 35.6. The van der Waals surface area contributed by atoms with Crippen LogP contribution in [0.4, 0.5) is 0 Å². The van der Waals surface area contributed by atoms with E-state index in [0.29, 0.717) is 6.04 Å². The minimum atomic E-state index is -0.667. The molecule has 1 N–H and O–H groups in total. The second-order valence-electron chi connectivity index (χ2n) is 7.66. The molecule has 0 bridgehead atoms. The van der Waals surface area contributed by atoms with Crippen molar-refractivity contribution in [3.8, 4) is 0 Å². The van der Waals surface area contributed by atoms with Crippen molar-refractivity contribution in [1.29, 1.82) is 0 Å². The molecule has 2 heterocycles. The maximum Gasteiger partial charge on any atom is 0.309 e. The van der Waals surface area contributed by atoms with Gasteiger partial charge in [-0.2, -0.15) is 0 Å².